The molecule has 0 saturated heterocycles. The quantitative estimate of drug-likeness (QED) is 0.552. The number of hydrogen-bond donors (Lipinski definition) is 0. The minimum atomic E-state index is -0.337. The molecule has 0 amide bonds. The maximum atomic E-state index is 13.1. The Bertz CT molecular complexity index is 1180. The normalized spacial score (nSPS) is 11.0. The SMILES string of the molecule is O=c1c2ncccc2n(Cc2ccccc2)c(=O)n1CCc1ccccc1. The Balaban J connectivity index is 1.81. The Morgan fingerprint density at radius 1 is 0.741 bits per heavy atom. The van der Waals surface area contributed by atoms with E-state index in [0.29, 0.717) is 30.5 Å². The van der Waals surface area contributed by atoms with Crippen molar-refractivity contribution in [1.29, 1.82) is 0 Å². The van der Waals surface area contributed by atoms with Crippen LogP contribution in [0.1, 0.15) is 11.1 Å². The Morgan fingerprint density at radius 3 is 2.11 bits per heavy atom. The zero-order chi connectivity index (χ0) is 18.6. The third-order valence-electron chi connectivity index (χ3n) is 4.64. The van der Waals surface area contributed by atoms with Crippen molar-refractivity contribution >= 4 is 11.0 Å². The summed E-state index contributed by atoms with van der Waals surface area (Å²) in [5.41, 5.74) is 2.32. The van der Waals surface area contributed by atoms with Crippen LogP contribution in [0.2, 0.25) is 0 Å². The summed E-state index contributed by atoms with van der Waals surface area (Å²) in [7, 11) is 0. The van der Waals surface area contributed by atoms with Gasteiger partial charge in [-0.25, -0.2) is 9.78 Å². The summed E-state index contributed by atoms with van der Waals surface area (Å²) in [5, 5.41) is 0. The molecule has 0 aliphatic heterocycles. The van der Waals surface area contributed by atoms with Gasteiger partial charge < -0.3 is 0 Å². The average Bonchev–Trinajstić information content (AvgIpc) is 2.72. The van der Waals surface area contributed by atoms with Crippen molar-refractivity contribution in [2.24, 2.45) is 0 Å². The molecule has 0 aliphatic rings. The average molecular weight is 357 g/mol. The number of rotatable bonds is 5. The minimum absolute atomic E-state index is 0.305. The third-order valence-corrected chi connectivity index (χ3v) is 4.64. The van der Waals surface area contributed by atoms with Crippen molar-refractivity contribution in [3.05, 3.63) is 111 Å². The van der Waals surface area contributed by atoms with Crippen LogP contribution in [0, 0.1) is 0 Å². The molecule has 0 unspecified atom stereocenters. The zero-order valence-corrected chi connectivity index (χ0v) is 14.8. The molecule has 2 aromatic heterocycles. The summed E-state index contributed by atoms with van der Waals surface area (Å²) < 4.78 is 2.93. The smallest absolute Gasteiger partial charge is 0.287 e. The molecule has 0 atom stereocenters. The van der Waals surface area contributed by atoms with Crippen LogP contribution in [0.25, 0.3) is 11.0 Å². The van der Waals surface area contributed by atoms with Crippen molar-refractivity contribution in [1.82, 2.24) is 14.1 Å². The van der Waals surface area contributed by atoms with Crippen LogP contribution < -0.4 is 11.2 Å². The maximum absolute atomic E-state index is 13.1. The van der Waals surface area contributed by atoms with Crippen LogP contribution in [-0.4, -0.2) is 14.1 Å². The first kappa shape index (κ1) is 17.0. The summed E-state index contributed by atoms with van der Waals surface area (Å²) in [4.78, 5) is 30.2. The highest BCUT2D eigenvalue weighted by Crippen LogP contribution is 2.09. The van der Waals surface area contributed by atoms with E-state index in [0.717, 1.165) is 11.1 Å². The molecule has 0 aliphatic carbocycles. The first-order chi connectivity index (χ1) is 13.2. The number of nitrogens with zero attached hydrogens (tertiary/aromatic N) is 3. The number of pyridine rings is 1. The lowest BCUT2D eigenvalue weighted by Gasteiger charge is -2.14. The summed E-state index contributed by atoms with van der Waals surface area (Å²) in [6.45, 7) is 0.719. The second kappa shape index (κ2) is 7.41. The van der Waals surface area contributed by atoms with Crippen molar-refractivity contribution < 1.29 is 0 Å². The van der Waals surface area contributed by atoms with E-state index in [1.54, 1.807) is 22.9 Å². The molecule has 4 rings (SSSR count). The van der Waals surface area contributed by atoms with Crippen molar-refractivity contribution in [3.8, 4) is 0 Å². The van der Waals surface area contributed by atoms with Gasteiger partial charge in [0.15, 0.2) is 5.52 Å². The lowest BCUT2D eigenvalue weighted by Crippen LogP contribution is -2.41. The highest BCUT2D eigenvalue weighted by Gasteiger charge is 2.14. The maximum Gasteiger partial charge on any atom is 0.331 e. The second-order valence-electron chi connectivity index (χ2n) is 6.42. The number of aromatic nitrogens is 3. The molecule has 5 heteroatoms. The van der Waals surface area contributed by atoms with E-state index < -0.39 is 0 Å². The Morgan fingerprint density at radius 2 is 1.41 bits per heavy atom. The Kier molecular flexibility index (Phi) is 4.66. The molecule has 0 fully saturated rings. The van der Waals surface area contributed by atoms with E-state index in [1.807, 2.05) is 60.7 Å². The van der Waals surface area contributed by atoms with Gasteiger partial charge in [0, 0.05) is 12.7 Å². The summed E-state index contributed by atoms with van der Waals surface area (Å²) >= 11 is 0. The van der Waals surface area contributed by atoms with Gasteiger partial charge in [0.25, 0.3) is 5.56 Å². The molecule has 5 nitrogen and oxygen atoms in total. The van der Waals surface area contributed by atoms with Gasteiger partial charge >= 0.3 is 5.69 Å². The van der Waals surface area contributed by atoms with Gasteiger partial charge in [-0.2, -0.15) is 0 Å². The molecule has 27 heavy (non-hydrogen) atoms. The van der Waals surface area contributed by atoms with E-state index in [9.17, 15) is 9.59 Å². The van der Waals surface area contributed by atoms with Crippen LogP contribution in [0.4, 0.5) is 0 Å². The van der Waals surface area contributed by atoms with Gasteiger partial charge in [-0.1, -0.05) is 60.7 Å². The molecule has 0 bridgehead atoms. The van der Waals surface area contributed by atoms with Gasteiger partial charge in [0.2, 0.25) is 0 Å². The van der Waals surface area contributed by atoms with Gasteiger partial charge in [-0.05, 0) is 29.7 Å². The first-order valence-corrected chi connectivity index (χ1v) is 8.90. The standard InChI is InChI=1S/C22H19N3O2/c26-21-20-19(12-7-14-23-20)25(16-18-10-5-2-6-11-18)22(27)24(21)15-13-17-8-3-1-4-9-17/h1-12,14H,13,15-16H2. The highest BCUT2D eigenvalue weighted by molar-refractivity contribution is 5.73. The van der Waals surface area contributed by atoms with Crippen LogP contribution in [0.5, 0.6) is 0 Å². The monoisotopic (exact) mass is 357 g/mol. The van der Waals surface area contributed by atoms with E-state index in [2.05, 4.69) is 4.98 Å². The molecular formula is C22H19N3O2. The van der Waals surface area contributed by atoms with Crippen LogP contribution in [0.15, 0.2) is 88.6 Å². The third kappa shape index (κ3) is 3.44. The van der Waals surface area contributed by atoms with Crippen molar-refractivity contribution in [3.63, 3.8) is 0 Å². The van der Waals surface area contributed by atoms with E-state index in [4.69, 9.17) is 0 Å². The zero-order valence-electron chi connectivity index (χ0n) is 14.8. The molecule has 4 aromatic rings. The summed E-state index contributed by atoms with van der Waals surface area (Å²) in [5.74, 6) is 0. The van der Waals surface area contributed by atoms with Gasteiger partial charge in [0.05, 0.1) is 12.1 Å². The first-order valence-electron chi connectivity index (χ1n) is 8.90. The van der Waals surface area contributed by atoms with Crippen molar-refractivity contribution in [2.45, 2.75) is 19.5 Å². The van der Waals surface area contributed by atoms with Gasteiger partial charge in [-0.15, -0.1) is 0 Å². The number of aryl methyl sites for hydroxylation is 1. The molecule has 0 radical (unpaired) electrons. The topological polar surface area (TPSA) is 56.9 Å². The molecule has 0 N–H and O–H groups in total. The van der Waals surface area contributed by atoms with Gasteiger partial charge in [-0.3, -0.25) is 13.9 Å². The van der Waals surface area contributed by atoms with Gasteiger partial charge in [0.1, 0.15) is 0 Å². The molecule has 0 saturated carbocycles. The van der Waals surface area contributed by atoms with Crippen LogP contribution >= 0.6 is 0 Å². The van der Waals surface area contributed by atoms with Crippen LogP contribution in [-0.2, 0) is 19.5 Å². The van der Waals surface area contributed by atoms with Crippen molar-refractivity contribution in [2.75, 3.05) is 0 Å². The predicted molar refractivity (Wildman–Crippen MR) is 106 cm³/mol. The molecular weight excluding hydrogens is 338 g/mol. The fraction of sp³-hybridized carbons (Fsp3) is 0.136. The molecule has 2 heterocycles. The largest absolute Gasteiger partial charge is 0.331 e. The Labute approximate surface area is 156 Å². The Hall–Kier alpha value is -3.47. The minimum Gasteiger partial charge on any atom is -0.287 e. The molecule has 0 spiro atoms. The molecule has 2 aromatic carbocycles. The van der Waals surface area contributed by atoms with E-state index >= 15 is 0 Å². The summed E-state index contributed by atoms with van der Waals surface area (Å²) in [6.07, 6.45) is 2.20. The number of benzene rings is 2. The summed E-state index contributed by atoms with van der Waals surface area (Å²) in [6, 6.07) is 23.1. The fourth-order valence-corrected chi connectivity index (χ4v) is 3.24. The molecule has 134 valence electrons. The second-order valence-corrected chi connectivity index (χ2v) is 6.42. The fourth-order valence-electron chi connectivity index (χ4n) is 3.24. The predicted octanol–water partition coefficient (Wildman–Crippen LogP) is 2.85. The van der Waals surface area contributed by atoms with E-state index in [1.165, 1.54) is 4.57 Å². The lowest BCUT2D eigenvalue weighted by atomic mass is 10.1. The lowest BCUT2D eigenvalue weighted by molar-refractivity contribution is 0.588. The number of fused-ring (bicyclic) bond motifs is 1. The highest BCUT2D eigenvalue weighted by atomic mass is 16.2. The van der Waals surface area contributed by atoms with Crippen LogP contribution in [0.3, 0.4) is 0 Å². The van der Waals surface area contributed by atoms with E-state index in [-0.39, 0.29) is 11.2 Å². The number of hydrogen-bond acceptors (Lipinski definition) is 3.